The second-order valence-electron chi connectivity index (χ2n) is 5.31. The van der Waals surface area contributed by atoms with Gasteiger partial charge in [-0.3, -0.25) is 24.5 Å². The van der Waals surface area contributed by atoms with Gasteiger partial charge in [-0.25, -0.2) is 0 Å². The van der Waals surface area contributed by atoms with E-state index in [9.17, 15) is 20.0 Å². The molecule has 2 aromatic rings. The number of rotatable bonds is 3. The van der Waals surface area contributed by atoms with Crippen molar-refractivity contribution in [2.45, 2.75) is 12.5 Å². The lowest BCUT2D eigenvalue weighted by atomic mass is 10.00. The van der Waals surface area contributed by atoms with Crippen molar-refractivity contribution in [1.82, 2.24) is 15.0 Å². The molecule has 124 valence electrons. The lowest BCUT2D eigenvalue weighted by Crippen LogP contribution is -2.21. The van der Waals surface area contributed by atoms with Gasteiger partial charge in [-0.05, 0) is 17.8 Å². The Hall–Kier alpha value is -3.01. The van der Waals surface area contributed by atoms with Crippen LogP contribution >= 0.6 is 12.2 Å². The molecule has 2 heterocycles. The number of benzene rings is 1. The summed E-state index contributed by atoms with van der Waals surface area (Å²) in [5.41, 5.74) is 3.61. The Bertz CT molecular complexity index is 961. The van der Waals surface area contributed by atoms with E-state index in [1.807, 2.05) is 0 Å². The second-order valence-corrected chi connectivity index (χ2v) is 5.70. The highest BCUT2D eigenvalue weighted by atomic mass is 32.1. The normalized spacial score (nSPS) is 16.5. The van der Waals surface area contributed by atoms with Gasteiger partial charge in [-0.15, -0.1) is 0 Å². The van der Waals surface area contributed by atoms with Gasteiger partial charge >= 0.3 is 0 Å². The quantitative estimate of drug-likeness (QED) is 0.439. The van der Waals surface area contributed by atoms with Crippen LogP contribution in [0, 0.1) is 14.9 Å². The summed E-state index contributed by atoms with van der Waals surface area (Å²) in [5, 5.41) is 25.0. The molecule has 3 rings (SSSR count). The molecule has 1 aromatic carbocycles. The SMILES string of the molecule is Cn1c(O)c(C2=NN[C@H](c3ccc([N+](=O)[O-])cc3)C2)c(=O)[nH]c1=S. The maximum absolute atomic E-state index is 12.1. The first-order valence-electron chi connectivity index (χ1n) is 6.97. The zero-order chi connectivity index (χ0) is 17.4. The molecule has 9 nitrogen and oxygen atoms in total. The topological polar surface area (TPSA) is 126 Å². The Kier molecular flexibility index (Phi) is 3.89. The molecule has 24 heavy (non-hydrogen) atoms. The van der Waals surface area contributed by atoms with Gasteiger partial charge in [0.2, 0.25) is 5.88 Å². The average Bonchev–Trinajstić information content (AvgIpc) is 3.02. The van der Waals surface area contributed by atoms with Gasteiger partial charge < -0.3 is 10.5 Å². The van der Waals surface area contributed by atoms with Crippen LogP contribution in [0.15, 0.2) is 34.2 Å². The molecular formula is C14H13N5O4S. The smallest absolute Gasteiger partial charge is 0.269 e. The summed E-state index contributed by atoms with van der Waals surface area (Å²) in [5.74, 6) is -0.256. The zero-order valence-electron chi connectivity index (χ0n) is 12.5. The highest BCUT2D eigenvalue weighted by Crippen LogP contribution is 2.27. The monoisotopic (exact) mass is 347 g/mol. The van der Waals surface area contributed by atoms with Gasteiger partial charge in [0.25, 0.3) is 11.2 Å². The van der Waals surface area contributed by atoms with Crippen molar-refractivity contribution >= 4 is 23.6 Å². The van der Waals surface area contributed by atoms with Crippen LogP contribution in [0.1, 0.15) is 23.6 Å². The van der Waals surface area contributed by atoms with Gasteiger partial charge in [0, 0.05) is 25.6 Å². The summed E-state index contributed by atoms with van der Waals surface area (Å²) in [7, 11) is 1.54. The number of H-pyrrole nitrogens is 1. The van der Waals surface area contributed by atoms with Gasteiger partial charge in [-0.2, -0.15) is 5.10 Å². The van der Waals surface area contributed by atoms with Crippen molar-refractivity contribution in [1.29, 1.82) is 0 Å². The number of aromatic hydroxyl groups is 1. The third-order valence-corrected chi connectivity index (χ3v) is 4.22. The van der Waals surface area contributed by atoms with Crippen LogP contribution in [0.2, 0.25) is 0 Å². The van der Waals surface area contributed by atoms with E-state index in [-0.39, 0.29) is 27.9 Å². The van der Waals surface area contributed by atoms with E-state index in [1.165, 1.54) is 23.7 Å². The number of non-ortho nitro benzene ring substituents is 1. The summed E-state index contributed by atoms with van der Waals surface area (Å²) in [6, 6.07) is 5.83. The number of aromatic nitrogens is 2. The number of nitrogens with zero attached hydrogens (tertiary/aromatic N) is 3. The minimum absolute atomic E-state index is 0.0000343. The molecule has 0 unspecified atom stereocenters. The highest BCUT2D eigenvalue weighted by Gasteiger charge is 2.26. The van der Waals surface area contributed by atoms with Crippen LogP contribution in [-0.4, -0.2) is 25.3 Å². The Morgan fingerprint density at radius 2 is 2.08 bits per heavy atom. The molecule has 0 fully saturated rings. The van der Waals surface area contributed by atoms with E-state index in [4.69, 9.17) is 12.2 Å². The minimum atomic E-state index is -0.513. The number of nitro groups is 1. The number of aromatic amines is 1. The molecular weight excluding hydrogens is 334 g/mol. The van der Waals surface area contributed by atoms with Crippen LogP contribution in [-0.2, 0) is 7.05 Å². The first-order valence-corrected chi connectivity index (χ1v) is 7.38. The third kappa shape index (κ3) is 2.67. The molecule has 1 aliphatic rings. The predicted molar refractivity (Wildman–Crippen MR) is 88.7 cm³/mol. The molecule has 1 atom stereocenters. The lowest BCUT2D eigenvalue weighted by molar-refractivity contribution is -0.384. The van der Waals surface area contributed by atoms with Crippen LogP contribution in [0.5, 0.6) is 5.88 Å². The van der Waals surface area contributed by atoms with Crippen molar-refractivity contribution in [2.75, 3.05) is 0 Å². The Morgan fingerprint density at radius 3 is 2.71 bits per heavy atom. The molecule has 1 aromatic heterocycles. The zero-order valence-corrected chi connectivity index (χ0v) is 13.3. The number of nitrogens with one attached hydrogen (secondary N) is 2. The molecule has 0 aliphatic carbocycles. The lowest BCUT2D eigenvalue weighted by Gasteiger charge is -2.10. The van der Waals surface area contributed by atoms with Crippen LogP contribution < -0.4 is 11.0 Å². The third-order valence-electron chi connectivity index (χ3n) is 3.84. The van der Waals surface area contributed by atoms with Gasteiger partial charge in [-0.1, -0.05) is 12.1 Å². The Morgan fingerprint density at radius 1 is 1.42 bits per heavy atom. The largest absolute Gasteiger partial charge is 0.494 e. The molecule has 0 spiro atoms. The Balaban J connectivity index is 1.88. The van der Waals surface area contributed by atoms with Crippen LogP contribution in [0.4, 0.5) is 5.69 Å². The number of nitro benzene ring substituents is 1. The predicted octanol–water partition coefficient (Wildman–Crippen LogP) is 1.50. The van der Waals surface area contributed by atoms with E-state index < -0.39 is 10.5 Å². The van der Waals surface area contributed by atoms with E-state index in [1.54, 1.807) is 12.1 Å². The molecule has 0 saturated heterocycles. The van der Waals surface area contributed by atoms with Crippen molar-refractivity contribution in [3.63, 3.8) is 0 Å². The fourth-order valence-electron chi connectivity index (χ4n) is 2.49. The first-order chi connectivity index (χ1) is 11.4. The summed E-state index contributed by atoms with van der Waals surface area (Å²) >= 11 is 4.93. The summed E-state index contributed by atoms with van der Waals surface area (Å²) in [6.07, 6.45) is 0.352. The van der Waals surface area contributed by atoms with Crippen LogP contribution in [0.25, 0.3) is 0 Å². The molecule has 0 amide bonds. The highest BCUT2D eigenvalue weighted by molar-refractivity contribution is 7.71. The maximum atomic E-state index is 12.1. The summed E-state index contributed by atoms with van der Waals surface area (Å²) in [6.45, 7) is 0. The maximum Gasteiger partial charge on any atom is 0.269 e. The first kappa shape index (κ1) is 15.9. The molecule has 0 saturated carbocycles. The average molecular weight is 347 g/mol. The number of hydrogen-bond donors (Lipinski definition) is 3. The molecule has 0 bridgehead atoms. The van der Waals surface area contributed by atoms with Crippen LogP contribution in [0.3, 0.4) is 0 Å². The number of hydrazone groups is 1. The molecule has 0 radical (unpaired) electrons. The molecule has 1 aliphatic heterocycles. The van der Waals surface area contributed by atoms with Crippen molar-refractivity contribution in [3.05, 3.63) is 60.6 Å². The van der Waals surface area contributed by atoms with Gasteiger partial charge in [0.05, 0.1) is 16.7 Å². The van der Waals surface area contributed by atoms with Gasteiger partial charge in [0.1, 0.15) is 5.56 Å². The Labute approximate surface area is 140 Å². The minimum Gasteiger partial charge on any atom is -0.494 e. The van der Waals surface area contributed by atoms with E-state index in [0.717, 1.165) is 5.56 Å². The fraction of sp³-hybridized carbons (Fsp3) is 0.214. The molecule has 10 heteroatoms. The molecule has 3 N–H and O–H groups in total. The number of hydrogen-bond acceptors (Lipinski definition) is 7. The van der Waals surface area contributed by atoms with E-state index >= 15 is 0 Å². The van der Waals surface area contributed by atoms with Crippen molar-refractivity contribution in [2.24, 2.45) is 12.1 Å². The fourth-order valence-corrected chi connectivity index (χ4v) is 2.67. The van der Waals surface area contributed by atoms with Crippen molar-refractivity contribution in [3.8, 4) is 5.88 Å². The summed E-state index contributed by atoms with van der Waals surface area (Å²) in [4.78, 5) is 24.8. The van der Waals surface area contributed by atoms with Crippen molar-refractivity contribution < 1.29 is 10.0 Å². The second kappa shape index (κ2) is 5.89. The van der Waals surface area contributed by atoms with Gasteiger partial charge in [0.15, 0.2) is 4.77 Å². The van der Waals surface area contributed by atoms with E-state index in [2.05, 4.69) is 15.5 Å². The summed E-state index contributed by atoms with van der Waals surface area (Å²) < 4.78 is 1.40. The van der Waals surface area contributed by atoms with E-state index in [0.29, 0.717) is 12.1 Å². The standard InChI is InChI=1S/C14H13N5O4S/c1-18-13(21)11(12(20)15-14(18)24)10-6-9(16-17-10)7-2-4-8(5-3-7)19(22)23/h2-5,9,16,21H,6H2,1H3,(H,15,20,24)/t9-/m0/s1.